The van der Waals surface area contributed by atoms with Gasteiger partial charge in [0.1, 0.15) is 0 Å². The van der Waals surface area contributed by atoms with Gasteiger partial charge in [-0.25, -0.2) is 0 Å². The number of benzene rings is 3. The molecule has 1 aromatic heterocycles. The largest absolute Gasteiger partial charge is 0.284 e. The lowest BCUT2D eigenvalue weighted by Crippen LogP contribution is -2.13. The number of rotatable bonds is 5. The van der Waals surface area contributed by atoms with Gasteiger partial charge in [-0.05, 0) is 42.3 Å². The average molecular weight is 414 g/mol. The van der Waals surface area contributed by atoms with E-state index in [0.29, 0.717) is 4.80 Å². The fourth-order valence-corrected chi connectivity index (χ4v) is 3.87. The third-order valence-corrected chi connectivity index (χ3v) is 5.39. The number of hydrogen-bond donors (Lipinski definition) is 0. The minimum absolute atomic E-state index is 0.0632. The molecule has 4 rings (SSSR count). The summed E-state index contributed by atoms with van der Waals surface area (Å²) in [5, 5.41) is 21.9. The first-order valence-electron chi connectivity index (χ1n) is 9.28. The minimum atomic E-state index is -0.398. The molecule has 0 aliphatic carbocycles. The fraction of sp³-hybridized carbons (Fsp3) is 0.0435. The molecule has 0 radical (unpaired) electrons. The van der Waals surface area contributed by atoms with E-state index in [0.717, 1.165) is 28.2 Å². The predicted octanol–water partition coefficient (Wildman–Crippen LogP) is 5.44. The zero-order valence-electron chi connectivity index (χ0n) is 16.2. The molecule has 4 aromatic rings. The van der Waals surface area contributed by atoms with E-state index in [2.05, 4.69) is 10.2 Å². The maximum absolute atomic E-state index is 11.0. The van der Waals surface area contributed by atoms with Crippen LogP contribution in [0.2, 0.25) is 0 Å². The molecule has 7 heteroatoms. The van der Waals surface area contributed by atoms with Gasteiger partial charge < -0.3 is 0 Å². The molecule has 30 heavy (non-hydrogen) atoms. The van der Waals surface area contributed by atoms with Crippen LogP contribution in [0.25, 0.3) is 16.9 Å². The molecule has 0 unspecified atom stereocenters. The fourth-order valence-electron chi connectivity index (χ4n) is 3.02. The molecule has 0 aliphatic rings. The molecular formula is C23H18N4O2S. The summed E-state index contributed by atoms with van der Waals surface area (Å²) in [7, 11) is 0. The minimum Gasteiger partial charge on any atom is -0.284 e. The topological polar surface area (TPSA) is 72.8 Å². The lowest BCUT2D eigenvalue weighted by Gasteiger charge is -2.09. The van der Waals surface area contributed by atoms with Crippen LogP contribution in [0.15, 0.2) is 101 Å². The number of nitro groups is 1. The van der Waals surface area contributed by atoms with E-state index in [4.69, 9.17) is 0 Å². The maximum Gasteiger partial charge on any atom is 0.269 e. The van der Waals surface area contributed by atoms with E-state index in [-0.39, 0.29) is 5.69 Å². The second kappa shape index (κ2) is 8.67. The van der Waals surface area contributed by atoms with Crippen molar-refractivity contribution < 1.29 is 4.92 Å². The Balaban J connectivity index is 1.83. The van der Waals surface area contributed by atoms with Crippen LogP contribution in [0, 0.1) is 10.1 Å². The Hall–Kier alpha value is -3.84. The molecule has 148 valence electrons. The molecule has 0 saturated heterocycles. The monoisotopic (exact) mass is 414 g/mol. The highest BCUT2D eigenvalue weighted by atomic mass is 32.1. The number of thiazole rings is 1. The highest BCUT2D eigenvalue weighted by molar-refractivity contribution is 7.07. The van der Waals surface area contributed by atoms with Gasteiger partial charge in [0.15, 0.2) is 0 Å². The Morgan fingerprint density at radius 2 is 1.57 bits per heavy atom. The summed E-state index contributed by atoms with van der Waals surface area (Å²) < 4.78 is 2.01. The Kier molecular flexibility index (Phi) is 5.63. The number of aromatic nitrogens is 1. The van der Waals surface area contributed by atoms with Crippen LogP contribution in [-0.2, 0) is 0 Å². The van der Waals surface area contributed by atoms with Gasteiger partial charge >= 0.3 is 0 Å². The quantitative estimate of drug-likeness (QED) is 0.248. The molecule has 0 atom stereocenters. The smallest absolute Gasteiger partial charge is 0.269 e. The molecule has 0 saturated carbocycles. The van der Waals surface area contributed by atoms with Gasteiger partial charge in [-0.2, -0.15) is 5.10 Å². The number of nitro benzene ring substituents is 1. The van der Waals surface area contributed by atoms with E-state index in [1.165, 1.54) is 23.5 Å². The van der Waals surface area contributed by atoms with Crippen molar-refractivity contribution in [2.24, 2.45) is 10.2 Å². The zero-order valence-corrected chi connectivity index (χ0v) is 17.0. The van der Waals surface area contributed by atoms with E-state index >= 15 is 0 Å². The third-order valence-electron chi connectivity index (χ3n) is 4.57. The summed E-state index contributed by atoms with van der Waals surface area (Å²) in [4.78, 5) is 11.3. The van der Waals surface area contributed by atoms with Crippen molar-refractivity contribution in [3.63, 3.8) is 0 Å². The zero-order chi connectivity index (χ0) is 20.9. The summed E-state index contributed by atoms with van der Waals surface area (Å²) in [6.45, 7) is 1.93. The summed E-state index contributed by atoms with van der Waals surface area (Å²) in [6.07, 6.45) is 0. The molecule has 0 bridgehead atoms. The lowest BCUT2D eigenvalue weighted by molar-refractivity contribution is -0.384. The number of nitrogens with zero attached hydrogens (tertiary/aromatic N) is 4. The Bertz CT molecular complexity index is 1260. The molecule has 1 heterocycles. The van der Waals surface area contributed by atoms with Gasteiger partial charge in [0, 0.05) is 23.2 Å². The van der Waals surface area contributed by atoms with E-state index in [1.54, 1.807) is 12.1 Å². The van der Waals surface area contributed by atoms with Crippen molar-refractivity contribution >= 4 is 22.7 Å². The van der Waals surface area contributed by atoms with E-state index in [1.807, 2.05) is 77.5 Å². The van der Waals surface area contributed by atoms with Gasteiger partial charge in [0.05, 0.1) is 16.3 Å². The first kappa shape index (κ1) is 19.5. The van der Waals surface area contributed by atoms with Gasteiger partial charge in [0.25, 0.3) is 5.69 Å². The van der Waals surface area contributed by atoms with Crippen molar-refractivity contribution in [3.05, 3.63) is 111 Å². The first-order chi connectivity index (χ1) is 14.6. The van der Waals surface area contributed by atoms with Crippen molar-refractivity contribution in [1.29, 1.82) is 0 Å². The summed E-state index contributed by atoms with van der Waals surface area (Å²) >= 11 is 1.47. The summed E-state index contributed by atoms with van der Waals surface area (Å²) in [5.41, 5.74) is 4.60. The van der Waals surface area contributed by atoms with Crippen LogP contribution in [-0.4, -0.2) is 15.2 Å². The number of para-hydroxylation sites is 1. The number of non-ortho nitro benzene ring substituents is 1. The van der Waals surface area contributed by atoms with Gasteiger partial charge in [0.2, 0.25) is 4.80 Å². The van der Waals surface area contributed by atoms with Crippen molar-refractivity contribution in [2.75, 3.05) is 0 Å². The van der Waals surface area contributed by atoms with Crippen LogP contribution in [0.1, 0.15) is 12.5 Å². The van der Waals surface area contributed by atoms with E-state index in [9.17, 15) is 10.1 Å². The molecule has 3 aromatic carbocycles. The summed E-state index contributed by atoms with van der Waals surface area (Å²) in [6, 6.07) is 26.3. The third kappa shape index (κ3) is 4.11. The SMILES string of the molecule is C/C(=N/N=c1\scc(-c2ccc([N+](=O)[O-])cc2)n1-c1ccccc1)c1ccccc1. The second-order valence-corrected chi connectivity index (χ2v) is 7.37. The predicted molar refractivity (Wildman–Crippen MR) is 120 cm³/mol. The highest BCUT2D eigenvalue weighted by Crippen LogP contribution is 2.25. The molecule has 0 N–H and O–H groups in total. The maximum atomic E-state index is 11.0. The van der Waals surface area contributed by atoms with Gasteiger partial charge in [-0.3, -0.25) is 14.7 Å². The first-order valence-corrected chi connectivity index (χ1v) is 10.2. The van der Waals surface area contributed by atoms with Crippen LogP contribution in [0.5, 0.6) is 0 Å². The summed E-state index contributed by atoms with van der Waals surface area (Å²) in [5.74, 6) is 0. The van der Waals surface area contributed by atoms with Crippen LogP contribution < -0.4 is 4.80 Å². The molecular weight excluding hydrogens is 396 g/mol. The molecule has 0 spiro atoms. The Morgan fingerprint density at radius 1 is 0.933 bits per heavy atom. The Labute approximate surface area is 177 Å². The van der Waals surface area contributed by atoms with Crippen LogP contribution in [0.3, 0.4) is 0 Å². The second-order valence-electron chi connectivity index (χ2n) is 6.53. The van der Waals surface area contributed by atoms with Crippen LogP contribution >= 0.6 is 11.3 Å². The van der Waals surface area contributed by atoms with Crippen molar-refractivity contribution in [1.82, 2.24) is 4.57 Å². The standard InChI is InChI=1S/C23H18N4O2S/c1-17(18-8-4-2-5-9-18)24-25-23-26(20-10-6-3-7-11-20)22(16-30-23)19-12-14-21(15-13-19)27(28)29/h2-16H,1H3/b24-17-,25-23-. The highest BCUT2D eigenvalue weighted by Gasteiger charge is 2.12. The van der Waals surface area contributed by atoms with Gasteiger partial charge in [-0.15, -0.1) is 16.4 Å². The molecule has 0 aliphatic heterocycles. The van der Waals surface area contributed by atoms with Gasteiger partial charge in [-0.1, -0.05) is 48.5 Å². The van der Waals surface area contributed by atoms with Crippen molar-refractivity contribution in [3.8, 4) is 16.9 Å². The molecule has 0 amide bonds. The number of hydrogen-bond acceptors (Lipinski definition) is 5. The van der Waals surface area contributed by atoms with Crippen molar-refractivity contribution in [2.45, 2.75) is 6.92 Å². The Morgan fingerprint density at radius 3 is 2.20 bits per heavy atom. The lowest BCUT2D eigenvalue weighted by atomic mass is 10.1. The van der Waals surface area contributed by atoms with E-state index < -0.39 is 4.92 Å². The molecule has 6 nitrogen and oxygen atoms in total. The average Bonchev–Trinajstić information content (AvgIpc) is 3.22. The molecule has 0 fully saturated rings. The van der Waals surface area contributed by atoms with Crippen LogP contribution in [0.4, 0.5) is 5.69 Å². The normalized spacial score (nSPS) is 12.2.